The normalized spacial score (nSPS) is 33.4. The summed E-state index contributed by atoms with van der Waals surface area (Å²) in [6.45, 7) is 0.945. The third-order valence-corrected chi connectivity index (χ3v) is 4.09. The summed E-state index contributed by atoms with van der Waals surface area (Å²) in [5, 5.41) is 3.29. The summed E-state index contributed by atoms with van der Waals surface area (Å²) in [5.41, 5.74) is 3.21. The summed E-state index contributed by atoms with van der Waals surface area (Å²) in [5.74, 6) is 0.574. The van der Waals surface area contributed by atoms with Gasteiger partial charge < -0.3 is 10.3 Å². The Bertz CT molecular complexity index is 570. The van der Waals surface area contributed by atoms with Crippen LogP contribution in [0.3, 0.4) is 0 Å². The standard InChI is InChI=1S/C12H10N2O2/c15-5-7-1-8-11(14-7)9(16)2-10-12(8)3-6(12)4-13-10/h1-2,5-6,13-14H,3-4H2. The van der Waals surface area contributed by atoms with Crippen molar-refractivity contribution in [3.05, 3.63) is 34.8 Å². The van der Waals surface area contributed by atoms with Gasteiger partial charge in [0.2, 0.25) is 5.78 Å². The minimum absolute atomic E-state index is 0.0243. The number of piperidine rings is 1. The summed E-state index contributed by atoms with van der Waals surface area (Å²) < 4.78 is 0. The molecule has 0 bridgehead atoms. The molecule has 0 aromatic carbocycles. The molecule has 2 atom stereocenters. The SMILES string of the molecule is O=Cc1cc2c([nH]1)C(=O)C=C1NCC3CC123. The van der Waals surface area contributed by atoms with E-state index in [-0.39, 0.29) is 11.2 Å². The van der Waals surface area contributed by atoms with Gasteiger partial charge in [0.1, 0.15) is 0 Å². The average Bonchev–Trinajstić information content (AvgIpc) is 2.70. The van der Waals surface area contributed by atoms with Gasteiger partial charge in [0.15, 0.2) is 6.29 Å². The van der Waals surface area contributed by atoms with Crippen molar-refractivity contribution in [1.29, 1.82) is 0 Å². The highest BCUT2D eigenvalue weighted by molar-refractivity contribution is 6.08. The fourth-order valence-electron chi connectivity index (χ4n) is 3.24. The van der Waals surface area contributed by atoms with E-state index >= 15 is 0 Å². The molecule has 16 heavy (non-hydrogen) atoms. The third kappa shape index (κ3) is 0.711. The van der Waals surface area contributed by atoms with Crippen LogP contribution >= 0.6 is 0 Å². The molecule has 1 saturated carbocycles. The Kier molecular flexibility index (Phi) is 1.19. The number of fused-ring (bicyclic) bond motifs is 1. The van der Waals surface area contributed by atoms with Crippen molar-refractivity contribution in [3.63, 3.8) is 0 Å². The lowest BCUT2D eigenvalue weighted by molar-refractivity contribution is 0.103. The van der Waals surface area contributed by atoms with Crippen molar-refractivity contribution in [1.82, 2.24) is 10.3 Å². The number of hydrogen-bond acceptors (Lipinski definition) is 3. The van der Waals surface area contributed by atoms with Crippen LogP contribution in [0.5, 0.6) is 0 Å². The summed E-state index contributed by atoms with van der Waals surface area (Å²) in [4.78, 5) is 25.5. The topological polar surface area (TPSA) is 62.0 Å². The van der Waals surface area contributed by atoms with E-state index in [0.717, 1.165) is 30.5 Å². The van der Waals surface area contributed by atoms with Gasteiger partial charge in [-0.05, 0) is 24.0 Å². The van der Waals surface area contributed by atoms with Crippen molar-refractivity contribution >= 4 is 12.1 Å². The second-order valence-electron chi connectivity index (χ2n) is 4.81. The molecule has 2 aliphatic carbocycles. The Morgan fingerprint density at radius 2 is 2.38 bits per heavy atom. The van der Waals surface area contributed by atoms with Crippen LogP contribution in [0, 0.1) is 5.92 Å². The van der Waals surface area contributed by atoms with Crippen LogP contribution in [0.4, 0.5) is 0 Å². The highest BCUT2D eigenvalue weighted by atomic mass is 16.1. The van der Waals surface area contributed by atoms with Crippen LogP contribution in [0.2, 0.25) is 0 Å². The van der Waals surface area contributed by atoms with E-state index in [0.29, 0.717) is 17.3 Å². The highest BCUT2D eigenvalue weighted by Crippen LogP contribution is 2.63. The first-order valence-corrected chi connectivity index (χ1v) is 5.45. The number of aromatic nitrogens is 1. The number of ketones is 1. The highest BCUT2D eigenvalue weighted by Gasteiger charge is 2.64. The van der Waals surface area contributed by atoms with Crippen LogP contribution in [0.1, 0.15) is 33.0 Å². The largest absolute Gasteiger partial charge is 0.387 e. The molecule has 0 radical (unpaired) electrons. The molecule has 2 fully saturated rings. The zero-order valence-electron chi connectivity index (χ0n) is 8.54. The molecule has 2 heterocycles. The maximum absolute atomic E-state index is 11.9. The first-order chi connectivity index (χ1) is 7.75. The monoisotopic (exact) mass is 214 g/mol. The Morgan fingerprint density at radius 1 is 1.50 bits per heavy atom. The number of hydrogen-bond donors (Lipinski definition) is 2. The second-order valence-corrected chi connectivity index (χ2v) is 4.81. The van der Waals surface area contributed by atoms with E-state index in [2.05, 4.69) is 10.3 Å². The lowest BCUT2D eigenvalue weighted by atomic mass is 9.86. The van der Waals surface area contributed by atoms with Gasteiger partial charge in [-0.15, -0.1) is 0 Å². The van der Waals surface area contributed by atoms with Gasteiger partial charge in [0.05, 0.1) is 11.4 Å². The van der Waals surface area contributed by atoms with Crippen LogP contribution < -0.4 is 5.32 Å². The summed E-state index contributed by atoms with van der Waals surface area (Å²) in [7, 11) is 0. The molecule has 4 nitrogen and oxygen atoms in total. The number of rotatable bonds is 1. The van der Waals surface area contributed by atoms with E-state index in [4.69, 9.17) is 0 Å². The Labute approximate surface area is 91.7 Å². The van der Waals surface area contributed by atoms with E-state index in [9.17, 15) is 9.59 Å². The zero-order chi connectivity index (χ0) is 10.9. The molecule has 1 aromatic rings. The fraction of sp³-hybridized carbons (Fsp3) is 0.333. The number of carbonyl (C=O) groups excluding carboxylic acids is 2. The van der Waals surface area contributed by atoms with Gasteiger partial charge in [-0.3, -0.25) is 9.59 Å². The number of nitrogens with one attached hydrogen (secondary N) is 2. The smallest absolute Gasteiger partial charge is 0.204 e. The Morgan fingerprint density at radius 3 is 3.12 bits per heavy atom. The second kappa shape index (κ2) is 2.29. The minimum atomic E-state index is -0.0243. The van der Waals surface area contributed by atoms with E-state index < -0.39 is 0 Å². The van der Waals surface area contributed by atoms with Crippen LogP contribution in [0.25, 0.3) is 0 Å². The first-order valence-electron chi connectivity index (χ1n) is 5.45. The molecule has 1 aromatic heterocycles. The minimum Gasteiger partial charge on any atom is -0.387 e. The van der Waals surface area contributed by atoms with E-state index in [1.54, 1.807) is 6.08 Å². The molecule has 80 valence electrons. The van der Waals surface area contributed by atoms with Crippen molar-refractivity contribution in [2.45, 2.75) is 11.8 Å². The average molecular weight is 214 g/mol. The fourth-order valence-corrected chi connectivity index (χ4v) is 3.24. The van der Waals surface area contributed by atoms with Gasteiger partial charge in [0.25, 0.3) is 0 Å². The molecule has 3 aliphatic rings. The molecule has 4 heteroatoms. The van der Waals surface area contributed by atoms with Gasteiger partial charge in [-0.25, -0.2) is 0 Å². The molecule has 2 unspecified atom stereocenters. The van der Waals surface area contributed by atoms with Crippen molar-refractivity contribution < 1.29 is 9.59 Å². The van der Waals surface area contributed by atoms with Crippen LogP contribution in [-0.2, 0) is 5.41 Å². The molecular formula is C12H10N2O2. The van der Waals surface area contributed by atoms with Crippen molar-refractivity contribution in [2.75, 3.05) is 6.54 Å². The Hall–Kier alpha value is -1.84. The van der Waals surface area contributed by atoms with Crippen LogP contribution in [0.15, 0.2) is 17.8 Å². The maximum atomic E-state index is 11.9. The lowest BCUT2D eigenvalue weighted by Crippen LogP contribution is -2.24. The summed E-state index contributed by atoms with van der Waals surface area (Å²) in [6, 6.07) is 1.83. The van der Waals surface area contributed by atoms with Gasteiger partial charge in [0, 0.05) is 23.7 Å². The van der Waals surface area contributed by atoms with Crippen LogP contribution in [-0.4, -0.2) is 23.6 Å². The molecule has 1 aliphatic heterocycles. The number of aromatic amines is 1. The van der Waals surface area contributed by atoms with E-state index in [1.807, 2.05) is 6.07 Å². The molecule has 4 rings (SSSR count). The van der Waals surface area contributed by atoms with Gasteiger partial charge >= 0.3 is 0 Å². The first kappa shape index (κ1) is 8.33. The molecule has 1 saturated heterocycles. The molecule has 2 N–H and O–H groups in total. The molecule has 0 amide bonds. The quantitative estimate of drug-likeness (QED) is 0.679. The Balaban J connectivity index is 2.00. The van der Waals surface area contributed by atoms with Gasteiger partial charge in [-0.2, -0.15) is 0 Å². The maximum Gasteiger partial charge on any atom is 0.204 e. The number of H-pyrrole nitrogens is 1. The van der Waals surface area contributed by atoms with E-state index in [1.165, 1.54) is 0 Å². The predicted molar refractivity (Wildman–Crippen MR) is 56.4 cm³/mol. The summed E-state index contributed by atoms with van der Waals surface area (Å²) >= 11 is 0. The van der Waals surface area contributed by atoms with Crippen molar-refractivity contribution in [3.8, 4) is 0 Å². The number of allylic oxidation sites excluding steroid dienone is 2. The lowest BCUT2D eigenvalue weighted by Gasteiger charge is -2.20. The number of carbonyl (C=O) groups is 2. The third-order valence-electron chi connectivity index (χ3n) is 4.09. The van der Waals surface area contributed by atoms with Crippen molar-refractivity contribution in [2.24, 2.45) is 5.92 Å². The molecular weight excluding hydrogens is 204 g/mol. The predicted octanol–water partition coefficient (Wildman–Crippen LogP) is 0.768. The van der Waals surface area contributed by atoms with Gasteiger partial charge in [-0.1, -0.05) is 0 Å². The molecule has 1 spiro atoms. The summed E-state index contributed by atoms with van der Waals surface area (Å²) in [6.07, 6.45) is 3.55. The number of aldehydes is 1. The zero-order valence-corrected chi connectivity index (χ0v) is 8.54.